The number of hydrogen-bond donors (Lipinski definition) is 2. The van der Waals surface area contributed by atoms with E-state index in [9.17, 15) is 4.79 Å². The van der Waals surface area contributed by atoms with Crippen molar-refractivity contribution in [3.63, 3.8) is 0 Å². The minimum absolute atomic E-state index is 0.249. The van der Waals surface area contributed by atoms with Gasteiger partial charge >= 0.3 is 0 Å². The summed E-state index contributed by atoms with van der Waals surface area (Å²) >= 11 is 0. The lowest BCUT2D eigenvalue weighted by Crippen LogP contribution is -2.24. The molecule has 9 heteroatoms. The van der Waals surface area contributed by atoms with E-state index in [0.717, 1.165) is 0 Å². The Labute approximate surface area is 166 Å². The molecule has 0 saturated heterocycles. The number of aromatic amines is 1. The molecule has 2 aromatic carbocycles. The molecule has 1 aromatic heterocycles. The first kappa shape index (κ1) is 18.5. The maximum absolute atomic E-state index is 12.7. The highest BCUT2D eigenvalue weighted by Crippen LogP contribution is 2.41. The van der Waals surface area contributed by atoms with Gasteiger partial charge in [0.25, 0.3) is 5.91 Å². The van der Waals surface area contributed by atoms with Gasteiger partial charge < -0.3 is 19.5 Å². The molecule has 4 rings (SSSR count). The zero-order valence-electron chi connectivity index (χ0n) is 15.7. The first-order valence-corrected chi connectivity index (χ1v) is 9.06. The highest BCUT2D eigenvalue weighted by molar-refractivity contribution is 6.05. The van der Waals surface area contributed by atoms with Gasteiger partial charge in [-0.25, -0.2) is 0 Å². The van der Waals surface area contributed by atoms with E-state index >= 15 is 0 Å². The van der Waals surface area contributed by atoms with Gasteiger partial charge in [0.1, 0.15) is 19.0 Å². The fourth-order valence-electron chi connectivity index (χ4n) is 2.76. The number of nitrogens with zero attached hydrogens (tertiary/aromatic N) is 3. The zero-order valence-corrected chi connectivity index (χ0v) is 15.7. The molecule has 2 heterocycles. The monoisotopic (exact) mass is 393 g/mol. The summed E-state index contributed by atoms with van der Waals surface area (Å²) < 4.78 is 17.2. The number of H-pyrrole nitrogens is 1. The Morgan fingerprint density at radius 1 is 1.31 bits per heavy atom. The summed E-state index contributed by atoms with van der Waals surface area (Å²) in [6.45, 7) is 2.66. The number of carbonyl (C=O) groups excluding carboxylic acids is 1. The number of hydrogen-bond acceptors (Lipinski definition) is 7. The molecule has 148 valence electrons. The molecule has 1 atom stereocenters. The van der Waals surface area contributed by atoms with Crippen LogP contribution in [-0.4, -0.2) is 39.7 Å². The number of allylic oxidation sites excluding steroid dienone is 1. The largest absolute Gasteiger partial charge is 0.490 e. The summed E-state index contributed by atoms with van der Waals surface area (Å²) in [5.74, 6) is 1.76. The number of aromatic nitrogens is 4. The van der Waals surface area contributed by atoms with Gasteiger partial charge in [-0.2, -0.15) is 5.21 Å². The first-order valence-electron chi connectivity index (χ1n) is 9.06. The molecule has 9 nitrogen and oxygen atoms in total. The molecule has 0 bridgehead atoms. The maximum Gasteiger partial charge on any atom is 0.255 e. The second kappa shape index (κ2) is 8.42. The van der Waals surface area contributed by atoms with E-state index in [1.165, 1.54) is 0 Å². The number of fused-ring (bicyclic) bond motifs is 1. The molecule has 0 radical (unpaired) electrons. The lowest BCUT2D eigenvalue weighted by molar-refractivity contribution is 0.0856. The summed E-state index contributed by atoms with van der Waals surface area (Å²) in [4.78, 5) is 12.7. The highest BCUT2D eigenvalue weighted by Gasteiger charge is 2.28. The number of para-hydroxylation sites is 1. The van der Waals surface area contributed by atoms with Crippen molar-refractivity contribution in [2.24, 2.45) is 0 Å². The van der Waals surface area contributed by atoms with E-state index in [1.54, 1.807) is 42.5 Å². The molecule has 0 aliphatic carbocycles. The first-order chi connectivity index (χ1) is 14.2. The van der Waals surface area contributed by atoms with Crippen molar-refractivity contribution in [3.05, 3.63) is 66.0 Å². The van der Waals surface area contributed by atoms with Crippen LogP contribution in [0.5, 0.6) is 17.2 Å². The Balaban J connectivity index is 1.48. The van der Waals surface area contributed by atoms with Crippen LogP contribution in [-0.2, 0) is 0 Å². The number of anilines is 1. The molecule has 29 heavy (non-hydrogen) atoms. The van der Waals surface area contributed by atoms with E-state index in [1.807, 2.05) is 19.1 Å². The van der Waals surface area contributed by atoms with E-state index in [2.05, 4.69) is 25.9 Å². The average molecular weight is 393 g/mol. The van der Waals surface area contributed by atoms with Gasteiger partial charge in [0, 0.05) is 5.56 Å². The number of benzene rings is 2. The normalized spacial score (nSPS) is 15.3. The Bertz CT molecular complexity index is 1000. The fraction of sp³-hybridized carbons (Fsp3) is 0.200. The van der Waals surface area contributed by atoms with Gasteiger partial charge in [0.05, 0.1) is 5.69 Å². The predicted molar refractivity (Wildman–Crippen MR) is 104 cm³/mol. The third-order valence-electron chi connectivity index (χ3n) is 4.23. The lowest BCUT2D eigenvalue weighted by Gasteiger charge is -2.26. The summed E-state index contributed by atoms with van der Waals surface area (Å²) in [7, 11) is 0. The van der Waals surface area contributed by atoms with Crippen LogP contribution in [0.25, 0.3) is 0 Å². The van der Waals surface area contributed by atoms with Crippen LogP contribution >= 0.6 is 0 Å². The van der Waals surface area contributed by atoms with Crippen LogP contribution in [0.15, 0.2) is 54.6 Å². The summed E-state index contributed by atoms with van der Waals surface area (Å²) in [5.41, 5.74) is 0.988. The molecule has 0 saturated carbocycles. The zero-order chi connectivity index (χ0) is 20.1. The SMILES string of the molecule is C/C=C/COc1ccc(C(=O)Nc2cccc3c2OC(c2nn[nH]n2)CO3)cc1. The third kappa shape index (κ3) is 4.18. The van der Waals surface area contributed by atoms with Crippen molar-refractivity contribution in [2.75, 3.05) is 18.5 Å². The van der Waals surface area contributed by atoms with Gasteiger partial charge in [-0.3, -0.25) is 4.79 Å². The average Bonchev–Trinajstić information content (AvgIpc) is 3.29. The summed E-state index contributed by atoms with van der Waals surface area (Å²) in [6.07, 6.45) is 3.30. The second-order valence-electron chi connectivity index (χ2n) is 6.18. The van der Waals surface area contributed by atoms with E-state index in [4.69, 9.17) is 14.2 Å². The van der Waals surface area contributed by atoms with Crippen LogP contribution in [0.4, 0.5) is 5.69 Å². The van der Waals surface area contributed by atoms with E-state index in [0.29, 0.717) is 40.9 Å². The molecule has 1 aliphatic heterocycles. The van der Waals surface area contributed by atoms with Crippen LogP contribution in [0.2, 0.25) is 0 Å². The van der Waals surface area contributed by atoms with Crippen LogP contribution in [0, 0.1) is 0 Å². The number of amides is 1. The van der Waals surface area contributed by atoms with Gasteiger partial charge in [0.15, 0.2) is 17.6 Å². The standard InChI is InChI=1S/C20H19N5O4/c1-2-3-11-27-14-9-7-13(8-10-14)20(26)21-15-5-4-6-16-18(15)29-17(12-28-16)19-22-24-25-23-19/h2-10,17H,11-12H2,1H3,(H,21,26)(H,22,23,24,25)/b3-2+. The van der Waals surface area contributed by atoms with Crippen molar-refractivity contribution < 1.29 is 19.0 Å². The van der Waals surface area contributed by atoms with Crippen molar-refractivity contribution in [1.82, 2.24) is 20.6 Å². The molecule has 2 N–H and O–H groups in total. The Kier molecular flexibility index (Phi) is 5.37. The second-order valence-corrected chi connectivity index (χ2v) is 6.18. The molecule has 1 unspecified atom stereocenters. The van der Waals surface area contributed by atoms with Gasteiger partial charge in [0.2, 0.25) is 5.82 Å². The Morgan fingerprint density at radius 2 is 2.17 bits per heavy atom. The number of ether oxygens (including phenoxy) is 3. The number of carbonyl (C=O) groups is 1. The summed E-state index contributed by atoms with van der Waals surface area (Å²) in [6, 6.07) is 12.2. The third-order valence-corrected chi connectivity index (χ3v) is 4.23. The number of rotatable bonds is 6. The summed E-state index contributed by atoms with van der Waals surface area (Å²) in [5, 5.41) is 16.7. The maximum atomic E-state index is 12.7. The van der Waals surface area contributed by atoms with Crippen LogP contribution < -0.4 is 19.5 Å². The minimum Gasteiger partial charge on any atom is -0.490 e. The number of nitrogens with one attached hydrogen (secondary N) is 2. The molecule has 3 aromatic rings. The molecular formula is C20H19N5O4. The smallest absolute Gasteiger partial charge is 0.255 e. The van der Waals surface area contributed by atoms with Gasteiger partial charge in [-0.1, -0.05) is 23.4 Å². The topological polar surface area (TPSA) is 111 Å². The number of tetrazole rings is 1. The molecule has 0 spiro atoms. The Hall–Kier alpha value is -3.88. The molecule has 0 fully saturated rings. The fourth-order valence-corrected chi connectivity index (χ4v) is 2.76. The molecular weight excluding hydrogens is 374 g/mol. The molecule has 1 aliphatic rings. The van der Waals surface area contributed by atoms with Gasteiger partial charge in [-0.15, -0.1) is 10.2 Å². The van der Waals surface area contributed by atoms with Crippen molar-refractivity contribution in [3.8, 4) is 17.2 Å². The molecule has 1 amide bonds. The van der Waals surface area contributed by atoms with E-state index < -0.39 is 6.10 Å². The quantitative estimate of drug-likeness (QED) is 0.619. The Morgan fingerprint density at radius 3 is 2.93 bits per heavy atom. The van der Waals surface area contributed by atoms with E-state index in [-0.39, 0.29) is 12.5 Å². The highest BCUT2D eigenvalue weighted by atomic mass is 16.6. The minimum atomic E-state index is -0.520. The predicted octanol–water partition coefficient (Wildman–Crippen LogP) is 2.92. The van der Waals surface area contributed by atoms with Crippen LogP contribution in [0.1, 0.15) is 29.2 Å². The van der Waals surface area contributed by atoms with Crippen molar-refractivity contribution in [2.45, 2.75) is 13.0 Å². The van der Waals surface area contributed by atoms with Gasteiger partial charge in [-0.05, 0) is 43.3 Å². The van der Waals surface area contributed by atoms with Crippen LogP contribution in [0.3, 0.4) is 0 Å². The van der Waals surface area contributed by atoms with Crippen molar-refractivity contribution in [1.29, 1.82) is 0 Å². The lowest BCUT2D eigenvalue weighted by atomic mass is 10.2. The van der Waals surface area contributed by atoms with Crippen molar-refractivity contribution >= 4 is 11.6 Å².